The highest BCUT2D eigenvalue weighted by molar-refractivity contribution is 5.47. The zero-order chi connectivity index (χ0) is 13.5. The minimum absolute atomic E-state index is 0.350. The molecule has 2 heteroatoms. The molecule has 1 aromatic rings. The van der Waals surface area contributed by atoms with Crippen LogP contribution in [0.5, 0.6) is 5.75 Å². The standard InChI is InChI=1S/C17H24O2/c1-16(2)8-4-9-17(18,11-10-16)14-6-3-5-13-7-12-19-15(13)14/h3,5-6,18H,4,7-12H2,1-2H3. The van der Waals surface area contributed by atoms with E-state index in [1.165, 1.54) is 12.0 Å². The van der Waals surface area contributed by atoms with Gasteiger partial charge in [-0.05, 0) is 43.1 Å². The molecule has 1 unspecified atom stereocenters. The van der Waals surface area contributed by atoms with Crippen LogP contribution in [0.4, 0.5) is 0 Å². The molecule has 2 nitrogen and oxygen atoms in total. The first kappa shape index (κ1) is 13.0. The van der Waals surface area contributed by atoms with E-state index in [0.717, 1.165) is 50.0 Å². The molecule has 1 N–H and O–H groups in total. The molecular weight excluding hydrogens is 236 g/mol. The van der Waals surface area contributed by atoms with Crippen LogP contribution in [0, 0.1) is 5.41 Å². The lowest BCUT2D eigenvalue weighted by Crippen LogP contribution is -2.26. The second-order valence-electron chi connectivity index (χ2n) is 6.94. The fourth-order valence-corrected chi connectivity index (χ4v) is 3.51. The summed E-state index contributed by atoms with van der Waals surface area (Å²) in [5.41, 5.74) is 1.95. The SMILES string of the molecule is CC1(C)CCCC(O)(c2cccc3c2OCC3)CC1. The van der Waals surface area contributed by atoms with Crippen LogP contribution in [-0.4, -0.2) is 11.7 Å². The van der Waals surface area contributed by atoms with E-state index < -0.39 is 5.60 Å². The Bertz CT molecular complexity index is 478. The maximum Gasteiger partial charge on any atom is 0.128 e. The van der Waals surface area contributed by atoms with Crippen molar-refractivity contribution < 1.29 is 9.84 Å². The number of rotatable bonds is 1. The fraction of sp³-hybridized carbons (Fsp3) is 0.647. The highest BCUT2D eigenvalue weighted by Gasteiger charge is 2.38. The Morgan fingerprint density at radius 2 is 1.95 bits per heavy atom. The summed E-state index contributed by atoms with van der Waals surface area (Å²) < 4.78 is 5.78. The molecular formula is C17H24O2. The van der Waals surface area contributed by atoms with E-state index in [9.17, 15) is 5.11 Å². The Kier molecular flexibility index (Phi) is 3.09. The molecule has 1 aliphatic carbocycles. The van der Waals surface area contributed by atoms with Crippen molar-refractivity contribution in [2.45, 2.75) is 58.0 Å². The van der Waals surface area contributed by atoms with Gasteiger partial charge in [-0.3, -0.25) is 0 Å². The van der Waals surface area contributed by atoms with Crippen LogP contribution in [-0.2, 0) is 12.0 Å². The minimum Gasteiger partial charge on any atom is -0.493 e. The van der Waals surface area contributed by atoms with Crippen LogP contribution in [0.15, 0.2) is 18.2 Å². The summed E-state index contributed by atoms with van der Waals surface area (Å²) in [5.74, 6) is 0.963. The minimum atomic E-state index is -0.691. The third-order valence-corrected chi connectivity index (χ3v) is 4.87. The predicted octanol–water partition coefficient (Wildman–Crippen LogP) is 3.80. The number of hydrogen-bond donors (Lipinski definition) is 1. The van der Waals surface area contributed by atoms with Crippen molar-refractivity contribution in [1.82, 2.24) is 0 Å². The first-order valence-electron chi connectivity index (χ1n) is 7.48. The summed E-state index contributed by atoms with van der Waals surface area (Å²) in [6.07, 6.45) is 6.05. The largest absolute Gasteiger partial charge is 0.493 e. The van der Waals surface area contributed by atoms with Gasteiger partial charge in [-0.1, -0.05) is 32.0 Å². The van der Waals surface area contributed by atoms with Gasteiger partial charge >= 0.3 is 0 Å². The lowest BCUT2D eigenvalue weighted by Gasteiger charge is -2.29. The van der Waals surface area contributed by atoms with Gasteiger partial charge in [0.15, 0.2) is 0 Å². The zero-order valence-electron chi connectivity index (χ0n) is 12.0. The highest BCUT2D eigenvalue weighted by Crippen LogP contribution is 2.46. The van der Waals surface area contributed by atoms with Crippen LogP contribution < -0.4 is 4.74 Å². The van der Waals surface area contributed by atoms with Crippen LogP contribution in [0.1, 0.15) is 57.1 Å². The van der Waals surface area contributed by atoms with Gasteiger partial charge in [0.2, 0.25) is 0 Å². The second kappa shape index (κ2) is 4.52. The van der Waals surface area contributed by atoms with E-state index in [4.69, 9.17) is 4.74 Å². The van der Waals surface area contributed by atoms with Gasteiger partial charge in [-0.2, -0.15) is 0 Å². The molecule has 3 rings (SSSR count). The van der Waals surface area contributed by atoms with E-state index >= 15 is 0 Å². The lowest BCUT2D eigenvalue weighted by atomic mass is 9.82. The molecule has 1 aromatic carbocycles. The maximum atomic E-state index is 11.1. The quantitative estimate of drug-likeness (QED) is 0.778. The van der Waals surface area contributed by atoms with Gasteiger partial charge in [0, 0.05) is 12.0 Å². The number of para-hydroxylation sites is 1. The molecule has 1 fully saturated rings. The lowest BCUT2D eigenvalue weighted by molar-refractivity contribution is 0.0158. The summed E-state index contributed by atoms with van der Waals surface area (Å²) >= 11 is 0. The van der Waals surface area contributed by atoms with Gasteiger partial charge in [-0.15, -0.1) is 0 Å². The molecule has 1 atom stereocenters. The summed E-state index contributed by atoms with van der Waals surface area (Å²) in [7, 11) is 0. The number of aliphatic hydroxyl groups is 1. The van der Waals surface area contributed by atoms with Crippen molar-refractivity contribution in [3.05, 3.63) is 29.3 Å². The van der Waals surface area contributed by atoms with Gasteiger partial charge in [0.25, 0.3) is 0 Å². The second-order valence-corrected chi connectivity index (χ2v) is 6.94. The number of benzene rings is 1. The van der Waals surface area contributed by atoms with Crippen molar-refractivity contribution in [2.75, 3.05) is 6.61 Å². The zero-order valence-corrected chi connectivity index (χ0v) is 12.0. The molecule has 0 aromatic heterocycles. The van der Waals surface area contributed by atoms with Crippen molar-refractivity contribution in [3.63, 3.8) is 0 Å². The molecule has 0 saturated heterocycles. The van der Waals surface area contributed by atoms with E-state index in [2.05, 4.69) is 32.0 Å². The van der Waals surface area contributed by atoms with Gasteiger partial charge in [-0.25, -0.2) is 0 Å². The average Bonchev–Trinajstić information content (AvgIpc) is 2.79. The Morgan fingerprint density at radius 1 is 1.11 bits per heavy atom. The van der Waals surface area contributed by atoms with Crippen molar-refractivity contribution in [3.8, 4) is 5.75 Å². The monoisotopic (exact) mass is 260 g/mol. The van der Waals surface area contributed by atoms with E-state index in [0.29, 0.717) is 5.41 Å². The summed E-state index contributed by atoms with van der Waals surface area (Å²) in [4.78, 5) is 0. The Labute approximate surface area is 115 Å². The molecule has 104 valence electrons. The van der Waals surface area contributed by atoms with Crippen LogP contribution >= 0.6 is 0 Å². The first-order chi connectivity index (χ1) is 9.00. The van der Waals surface area contributed by atoms with Crippen molar-refractivity contribution in [1.29, 1.82) is 0 Å². The average molecular weight is 260 g/mol. The third-order valence-electron chi connectivity index (χ3n) is 4.87. The Morgan fingerprint density at radius 3 is 2.79 bits per heavy atom. The molecule has 0 bridgehead atoms. The molecule has 1 saturated carbocycles. The summed E-state index contributed by atoms with van der Waals surface area (Å²) in [6, 6.07) is 6.25. The molecule has 2 aliphatic rings. The van der Waals surface area contributed by atoms with Gasteiger partial charge in [0.1, 0.15) is 5.75 Å². The summed E-state index contributed by atoms with van der Waals surface area (Å²) in [6.45, 7) is 5.38. The van der Waals surface area contributed by atoms with E-state index in [1.54, 1.807) is 0 Å². The Balaban J connectivity index is 1.95. The van der Waals surface area contributed by atoms with Gasteiger partial charge < -0.3 is 9.84 Å². The smallest absolute Gasteiger partial charge is 0.128 e. The van der Waals surface area contributed by atoms with Crippen molar-refractivity contribution in [2.24, 2.45) is 5.41 Å². The number of hydrogen-bond acceptors (Lipinski definition) is 2. The molecule has 1 heterocycles. The molecule has 0 spiro atoms. The van der Waals surface area contributed by atoms with Crippen LogP contribution in [0.2, 0.25) is 0 Å². The predicted molar refractivity (Wildman–Crippen MR) is 76.4 cm³/mol. The van der Waals surface area contributed by atoms with Crippen LogP contribution in [0.25, 0.3) is 0 Å². The molecule has 1 aliphatic heterocycles. The molecule has 19 heavy (non-hydrogen) atoms. The van der Waals surface area contributed by atoms with E-state index in [1.807, 2.05) is 0 Å². The topological polar surface area (TPSA) is 29.5 Å². The maximum absolute atomic E-state index is 11.1. The third kappa shape index (κ3) is 2.38. The highest BCUT2D eigenvalue weighted by atomic mass is 16.5. The van der Waals surface area contributed by atoms with E-state index in [-0.39, 0.29) is 0 Å². The number of ether oxygens (including phenoxy) is 1. The van der Waals surface area contributed by atoms with Gasteiger partial charge in [0.05, 0.1) is 12.2 Å². The van der Waals surface area contributed by atoms with Crippen LogP contribution in [0.3, 0.4) is 0 Å². The van der Waals surface area contributed by atoms with Crippen molar-refractivity contribution >= 4 is 0 Å². The normalized spacial score (nSPS) is 29.4. The Hall–Kier alpha value is -1.02. The number of fused-ring (bicyclic) bond motifs is 1. The molecule has 0 radical (unpaired) electrons. The molecule has 0 amide bonds. The summed E-state index contributed by atoms with van der Waals surface area (Å²) in [5, 5.41) is 11.1. The fourth-order valence-electron chi connectivity index (χ4n) is 3.51. The first-order valence-corrected chi connectivity index (χ1v) is 7.48.